The smallest absolute Gasteiger partial charge is 0.310 e. The van der Waals surface area contributed by atoms with Crippen molar-refractivity contribution in [3.63, 3.8) is 0 Å². The van der Waals surface area contributed by atoms with Gasteiger partial charge in [-0.3, -0.25) is 14.7 Å². The number of morpholine rings is 1. The van der Waals surface area contributed by atoms with Crippen LogP contribution in [0.1, 0.15) is 19.4 Å². The first-order chi connectivity index (χ1) is 13.6. The summed E-state index contributed by atoms with van der Waals surface area (Å²) in [5.74, 6) is 0.359. The standard InChI is InChI=1S/C21H32N4O3/c1-4-22-21(23-12-16(2)20(26)27-3)25-14-18-19(15-25)28-11-10-24(18)13-17-8-6-5-7-9-17/h5-9,16,18-19H,4,10-15H2,1-3H3,(H,22,23). The van der Waals surface area contributed by atoms with E-state index in [1.807, 2.05) is 6.92 Å². The van der Waals surface area contributed by atoms with Crippen LogP contribution in [0.2, 0.25) is 0 Å². The first kappa shape index (κ1) is 20.6. The molecule has 0 amide bonds. The van der Waals surface area contributed by atoms with Gasteiger partial charge < -0.3 is 19.7 Å². The largest absolute Gasteiger partial charge is 0.469 e. The maximum atomic E-state index is 11.7. The van der Waals surface area contributed by atoms with Crippen molar-refractivity contribution < 1.29 is 14.3 Å². The fourth-order valence-corrected chi connectivity index (χ4v) is 3.87. The maximum Gasteiger partial charge on any atom is 0.310 e. The van der Waals surface area contributed by atoms with E-state index in [2.05, 4.69) is 57.4 Å². The molecule has 154 valence electrons. The second kappa shape index (κ2) is 9.89. The highest BCUT2D eigenvalue weighted by atomic mass is 16.5. The van der Waals surface area contributed by atoms with Crippen LogP contribution in [0.5, 0.6) is 0 Å². The fraction of sp³-hybridized carbons (Fsp3) is 0.619. The lowest BCUT2D eigenvalue weighted by Crippen LogP contribution is -2.50. The summed E-state index contributed by atoms with van der Waals surface area (Å²) in [6.45, 7) is 9.41. The van der Waals surface area contributed by atoms with E-state index in [0.29, 0.717) is 12.6 Å². The lowest BCUT2D eigenvalue weighted by atomic mass is 10.1. The van der Waals surface area contributed by atoms with Gasteiger partial charge in [-0.1, -0.05) is 37.3 Å². The van der Waals surface area contributed by atoms with Gasteiger partial charge in [-0.2, -0.15) is 0 Å². The predicted molar refractivity (Wildman–Crippen MR) is 109 cm³/mol. The van der Waals surface area contributed by atoms with Crippen LogP contribution in [-0.2, 0) is 20.8 Å². The quantitative estimate of drug-likeness (QED) is 0.451. The van der Waals surface area contributed by atoms with Crippen molar-refractivity contribution in [1.82, 2.24) is 15.1 Å². The molecule has 7 nitrogen and oxygen atoms in total. The fourth-order valence-electron chi connectivity index (χ4n) is 3.87. The number of fused-ring (bicyclic) bond motifs is 1. The molecule has 2 fully saturated rings. The molecule has 0 aliphatic carbocycles. The van der Waals surface area contributed by atoms with Crippen molar-refractivity contribution in [2.45, 2.75) is 32.5 Å². The van der Waals surface area contributed by atoms with E-state index in [-0.39, 0.29) is 18.0 Å². The number of carbonyl (C=O) groups is 1. The van der Waals surface area contributed by atoms with Crippen LogP contribution < -0.4 is 5.32 Å². The van der Waals surface area contributed by atoms with Crippen LogP contribution >= 0.6 is 0 Å². The molecule has 2 aliphatic rings. The van der Waals surface area contributed by atoms with Crippen LogP contribution in [0.25, 0.3) is 0 Å². The molecular weight excluding hydrogens is 356 g/mol. The lowest BCUT2D eigenvalue weighted by molar-refractivity contribution is -0.144. The lowest BCUT2D eigenvalue weighted by Gasteiger charge is -2.36. The zero-order valence-corrected chi connectivity index (χ0v) is 17.1. The molecule has 2 saturated heterocycles. The number of hydrogen-bond donors (Lipinski definition) is 1. The van der Waals surface area contributed by atoms with Crippen LogP contribution in [0.3, 0.4) is 0 Å². The molecule has 3 unspecified atom stereocenters. The Balaban J connectivity index is 1.66. The number of methoxy groups -OCH3 is 1. The van der Waals surface area contributed by atoms with Gasteiger partial charge in [0.25, 0.3) is 0 Å². The second-order valence-corrected chi connectivity index (χ2v) is 7.46. The number of likely N-dealkylation sites (tertiary alicyclic amines) is 1. The Hall–Kier alpha value is -2.12. The average molecular weight is 389 g/mol. The molecular formula is C21H32N4O3. The Morgan fingerprint density at radius 1 is 1.36 bits per heavy atom. The van der Waals surface area contributed by atoms with E-state index >= 15 is 0 Å². The number of hydrogen-bond acceptors (Lipinski definition) is 5. The Bertz CT molecular complexity index is 667. The van der Waals surface area contributed by atoms with Gasteiger partial charge >= 0.3 is 5.97 Å². The van der Waals surface area contributed by atoms with Gasteiger partial charge in [-0.25, -0.2) is 0 Å². The van der Waals surface area contributed by atoms with Crippen LogP contribution in [0.15, 0.2) is 35.3 Å². The van der Waals surface area contributed by atoms with Crippen LogP contribution in [0, 0.1) is 5.92 Å². The Labute approximate surface area is 167 Å². The first-order valence-electron chi connectivity index (χ1n) is 10.1. The van der Waals surface area contributed by atoms with Crippen molar-refractivity contribution in [2.24, 2.45) is 10.9 Å². The third-order valence-electron chi connectivity index (χ3n) is 5.40. The Morgan fingerprint density at radius 2 is 2.14 bits per heavy atom. The summed E-state index contributed by atoms with van der Waals surface area (Å²) in [5, 5.41) is 3.36. The van der Waals surface area contributed by atoms with E-state index in [1.54, 1.807) is 0 Å². The number of nitrogens with zero attached hydrogens (tertiary/aromatic N) is 3. The summed E-state index contributed by atoms with van der Waals surface area (Å²) >= 11 is 0. The minimum Gasteiger partial charge on any atom is -0.469 e. The summed E-state index contributed by atoms with van der Waals surface area (Å²) in [7, 11) is 1.41. The third kappa shape index (κ3) is 5.02. The molecule has 1 aromatic carbocycles. The summed E-state index contributed by atoms with van der Waals surface area (Å²) < 4.78 is 10.9. The minimum atomic E-state index is -0.255. The molecule has 0 saturated carbocycles. The number of ether oxygens (including phenoxy) is 2. The topological polar surface area (TPSA) is 66.4 Å². The van der Waals surface area contributed by atoms with Gasteiger partial charge in [0.2, 0.25) is 0 Å². The number of carbonyl (C=O) groups excluding carboxylic acids is 1. The zero-order chi connectivity index (χ0) is 19.9. The molecule has 0 spiro atoms. The molecule has 3 rings (SSSR count). The zero-order valence-electron chi connectivity index (χ0n) is 17.1. The minimum absolute atomic E-state index is 0.180. The Kier molecular flexibility index (Phi) is 7.28. The van der Waals surface area contributed by atoms with Crippen molar-refractivity contribution >= 4 is 11.9 Å². The highest BCUT2D eigenvalue weighted by Gasteiger charge is 2.41. The van der Waals surface area contributed by atoms with E-state index in [9.17, 15) is 4.79 Å². The van der Waals surface area contributed by atoms with Crippen molar-refractivity contribution in [3.8, 4) is 0 Å². The molecule has 1 N–H and O–H groups in total. The normalized spacial score (nSPS) is 24.0. The number of nitrogens with one attached hydrogen (secondary N) is 1. The molecule has 2 heterocycles. The Morgan fingerprint density at radius 3 is 2.86 bits per heavy atom. The SMILES string of the molecule is CCNC(=NCC(C)C(=O)OC)N1CC2OCCN(Cc3ccccc3)C2C1. The second-order valence-electron chi connectivity index (χ2n) is 7.46. The number of esters is 1. The van der Waals surface area contributed by atoms with Gasteiger partial charge in [-0.05, 0) is 12.5 Å². The summed E-state index contributed by atoms with van der Waals surface area (Å²) in [4.78, 5) is 21.1. The van der Waals surface area contributed by atoms with Gasteiger partial charge in [0.05, 0.1) is 38.3 Å². The van der Waals surface area contributed by atoms with Gasteiger partial charge in [0, 0.05) is 32.7 Å². The monoisotopic (exact) mass is 388 g/mol. The molecule has 0 bridgehead atoms. The van der Waals surface area contributed by atoms with E-state index in [0.717, 1.165) is 45.3 Å². The van der Waals surface area contributed by atoms with Gasteiger partial charge in [0.1, 0.15) is 0 Å². The molecule has 3 atom stereocenters. The van der Waals surface area contributed by atoms with E-state index in [1.165, 1.54) is 12.7 Å². The van der Waals surface area contributed by atoms with Gasteiger partial charge in [0.15, 0.2) is 5.96 Å². The maximum absolute atomic E-state index is 11.7. The van der Waals surface area contributed by atoms with Crippen molar-refractivity contribution in [2.75, 3.05) is 46.4 Å². The molecule has 28 heavy (non-hydrogen) atoms. The molecule has 1 aromatic rings. The molecule has 2 aliphatic heterocycles. The highest BCUT2D eigenvalue weighted by Crippen LogP contribution is 2.24. The van der Waals surface area contributed by atoms with Crippen molar-refractivity contribution in [1.29, 1.82) is 0 Å². The third-order valence-corrected chi connectivity index (χ3v) is 5.40. The van der Waals surface area contributed by atoms with E-state index < -0.39 is 0 Å². The molecule has 0 aromatic heterocycles. The number of benzene rings is 1. The number of rotatable bonds is 6. The van der Waals surface area contributed by atoms with Crippen molar-refractivity contribution in [3.05, 3.63) is 35.9 Å². The summed E-state index contributed by atoms with van der Waals surface area (Å²) in [6.07, 6.45) is 0.180. The van der Waals surface area contributed by atoms with Crippen LogP contribution in [0.4, 0.5) is 0 Å². The van der Waals surface area contributed by atoms with Gasteiger partial charge in [-0.15, -0.1) is 0 Å². The first-order valence-corrected chi connectivity index (χ1v) is 10.1. The molecule has 0 radical (unpaired) electrons. The van der Waals surface area contributed by atoms with E-state index in [4.69, 9.17) is 9.47 Å². The summed E-state index contributed by atoms with van der Waals surface area (Å²) in [6, 6.07) is 10.9. The molecule has 7 heteroatoms. The summed E-state index contributed by atoms with van der Waals surface area (Å²) in [5.41, 5.74) is 1.33. The number of guanidine groups is 1. The average Bonchev–Trinajstić information content (AvgIpc) is 3.16. The highest BCUT2D eigenvalue weighted by molar-refractivity contribution is 5.81. The van der Waals surface area contributed by atoms with Crippen LogP contribution in [-0.4, -0.2) is 80.3 Å². The number of aliphatic imine (C=N–C) groups is 1. The predicted octanol–water partition coefficient (Wildman–Crippen LogP) is 1.35.